The molecule has 2 fully saturated rings. The average molecular weight is 472 g/mol. The number of benzene rings is 1. The van der Waals surface area contributed by atoms with Gasteiger partial charge in [0, 0.05) is 38.9 Å². The van der Waals surface area contributed by atoms with Gasteiger partial charge in [-0.1, -0.05) is 68.9 Å². The fourth-order valence-corrected chi connectivity index (χ4v) is 6.14. The van der Waals surface area contributed by atoms with Crippen molar-refractivity contribution in [2.75, 3.05) is 39.9 Å². The number of unbranched alkanes of at least 4 members (excludes halogenated alkanes) is 1. The third-order valence-electron chi connectivity index (χ3n) is 7.92. The van der Waals surface area contributed by atoms with Crippen LogP contribution in [0.15, 0.2) is 30.3 Å². The number of carbonyl (C=O) groups is 1. The van der Waals surface area contributed by atoms with Crippen molar-refractivity contribution in [2.24, 2.45) is 11.8 Å². The molecule has 5 nitrogen and oxygen atoms in total. The van der Waals surface area contributed by atoms with Crippen LogP contribution in [0.1, 0.15) is 89.0 Å². The Morgan fingerprint density at radius 2 is 1.88 bits per heavy atom. The molecule has 192 valence electrons. The Morgan fingerprint density at radius 3 is 2.62 bits per heavy atom. The van der Waals surface area contributed by atoms with E-state index in [0.717, 1.165) is 58.0 Å². The lowest BCUT2D eigenvalue weighted by atomic mass is 9.78. The quantitative estimate of drug-likeness (QED) is 0.349. The van der Waals surface area contributed by atoms with Crippen molar-refractivity contribution in [2.45, 2.75) is 89.5 Å². The number of urea groups is 1. The molecule has 2 N–H and O–H groups in total. The molecular weight excluding hydrogens is 422 g/mol. The van der Waals surface area contributed by atoms with Crippen molar-refractivity contribution < 1.29 is 9.53 Å². The molecule has 0 aromatic heterocycles. The molecule has 1 saturated heterocycles. The summed E-state index contributed by atoms with van der Waals surface area (Å²) in [6, 6.07) is 11.3. The van der Waals surface area contributed by atoms with Crippen LogP contribution < -0.4 is 10.6 Å². The Morgan fingerprint density at radius 1 is 1.09 bits per heavy atom. The van der Waals surface area contributed by atoms with E-state index in [1.165, 1.54) is 56.9 Å². The number of carbonyl (C=O) groups excluding carboxylic acids is 1. The molecule has 2 aliphatic rings. The minimum Gasteiger partial charge on any atom is -0.382 e. The van der Waals surface area contributed by atoms with Gasteiger partial charge in [-0.05, 0) is 69.4 Å². The fraction of sp³-hybridized carbons (Fsp3) is 0.759. The van der Waals surface area contributed by atoms with Gasteiger partial charge in [0.15, 0.2) is 0 Å². The van der Waals surface area contributed by atoms with E-state index in [2.05, 4.69) is 52.8 Å². The molecule has 3 rings (SSSR count). The highest BCUT2D eigenvalue weighted by atomic mass is 16.5. The van der Waals surface area contributed by atoms with Gasteiger partial charge in [-0.3, -0.25) is 0 Å². The number of hydrogen-bond acceptors (Lipinski definition) is 3. The molecule has 1 aliphatic heterocycles. The molecule has 0 radical (unpaired) electrons. The lowest BCUT2D eigenvalue weighted by molar-refractivity contribution is 0.136. The van der Waals surface area contributed by atoms with Gasteiger partial charge in [-0.15, -0.1) is 0 Å². The lowest BCUT2D eigenvalue weighted by Crippen LogP contribution is -2.51. The van der Waals surface area contributed by atoms with E-state index >= 15 is 0 Å². The molecule has 3 atom stereocenters. The van der Waals surface area contributed by atoms with Gasteiger partial charge in [0.05, 0.1) is 0 Å². The van der Waals surface area contributed by atoms with Gasteiger partial charge in [-0.2, -0.15) is 0 Å². The van der Waals surface area contributed by atoms with Crippen LogP contribution in [-0.2, 0) is 4.74 Å². The van der Waals surface area contributed by atoms with Gasteiger partial charge in [0.2, 0.25) is 0 Å². The Bertz CT molecular complexity index is 677. The first-order valence-corrected chi connectivity index (χ1v) is 14.0. The van der Waals surface area contributed by atoms with Crippen LogP contribution in [0.5, 0.6) is 0 Å². The molecule has 1 aliphatic carbocycles. The van der Waals surface area contributed by atoms with E-state index in [-0.39, 0.29) is 12.1 Å². The summed E-state index contributed by atoms with van der Waals surface area (Å²) in [6.45, 7) is 6.31. The molecule has 1 heterocycles. The second kappa shape index (κ2) is 15.4. The van der Waals surface area contributed by atoms with Crippen molar-refractivity contribution in [3.8, 4) is 0 Å². The third-order valence-corrected chi connectivity index (χ3v) is 7.92. The number of hydrogen-bond donors (Lipinski definition) is 2. The second-order valence-corrected chi connectivity index (χ2v) is 10.5. The predicted octanol–water partition coefficient (Wildman–Crippen LogP) is 5.96. The topological polar surface area (TPSA) is 53.6 Å². The standard InChI is InChI=1S/C29H49N3O2/c1-3-34-20-11-10-18-28(25-15-8-5-9-16-25)26-17-12-19-32(23-26)29(33)31-27(22-30-2)21-24-13-6-4-7-14-24/h5,8-9,15-16,24,26-28,30H,3-4,6-7,10-14,17-23H2,1-2H3,(H,31,33). The highest BCUT2D eigenvalue weighted by Crippen LogP contribution is 2.36. The molecule has 1 aromatic carbocycles. The summed E-state index contributed by atoms with van der Waals surface area (Å²) < 4.78 is 5.56. The highest BCUT2D eigenvalue weighted by Gasteiger charge is 2.31. The summed E-state index contributed by atoms with van der Waals surface area (Å²) in [5, 5.41) is 6.72. The second-order valence-electron chi connectivity index (χ2n) is 10.5. The van der Waals surface area contributed by atoms with Crippen molar-refractivity contribution in [1.82, 2.24) is 15.5 Å². The van der Waals surface area contributed by atoms with Crippen LogP contribution in [0.3, 0.4) is 0 Å². The zero-order valence-corrected chi connectivity index (χ0v) is 21.8. The maximum atomic E-state index is 13.3. The van der Waals surface area contributed by atoms with Gasteiger partial charge in [-0.25, -0.2) is 4.79 Å². The van der Waals surface area contributed by atoms with Crippen molar-refractivity contribution >= 4 is 6.03 Å². The zero-order valence-electron chi connectivity index (χ0n) is 21.8. The highest BCUT2D eigenvalue weighted by molar-refractivity contribution is 5.74. The average Bonchev–Trinajstić information content (AvgIpc) is 2.87. The first-order chi connectivity index (χ1) is 16.7. The number of nitrogens with one attached hydrogen (secondary N) is 2. The Labute approximate surface area is 208 Å². The van der Waals surface area contributed by atoms with Crippen LogP contribution in [0.2, 0.25) is 0 Å². The van der Waals surface area contributed by atoms with Gasteiger partial charge < -0.3 is 20.3 Å². The van der Waals surface area contributed by atoms with Crippen LogP contribution >= 0.6 is 0 Å². The largest absolute Gasteiger partial charge is 0.382 e. The molecule has 1 aromatic rings. The van der Waals surface area contributed by atoms with Crippen molar-refractivity contribution in [1.29, 1.82) is 0 Å². The number of likely N-dealkylation sites (N-methyl/N-ethyl adjacent to an activating group) is 1. The first-order valence-electron chi connectivity index (χ1n) is 14.0. The fourth-order valence-electron chi connectivity index (χ4n) is 6.14. The number of rotatable bonds is 13. The van der Waals surface area contributed by atoms with E-state index < -0.39 is 0 Å². The Hall–Kier alpha value is -1.59. The molecule has 0 spiro atoms. The number of nitrogens with zero attached hydrogens (tertiary/aromatic N) is 1. The number of likely N-dealkylation sites (tertiary alicyclic amines) is 1. The van der Waals surface area contributed by atoms with Gasteiger partial charge in [0.25, 0.3) is 0 Å². The molecule has 5 heteroatoms. The molecular formula is C29H49N3O2. The molecule has 34 heavy (non-hydrogen) atoms. The van der Waals surface area contributed by atoms with Crippen LogP contribution in [0, 0.1) is 11.8 Å². The van der Waals surface area contributed by atoms with E-state index in [4.69, 9.17) is 4.74 Å². The maximum Gasteiger partial charge on any atom is 0.317 e. The van der Waals surface area contributed by atoms with Crippen LogP contribution in [0.25, 0.3) is 0 Å². The Kier molecular flexibility index (Phi) is 12.2. The normalized spacial score (nSPS) is 21.2. The van der Waals surface area contributed by atoms with Crippen molar-refractivity contribution in [3.05, 3.63) is 35.9 Å². The molecule has 2 amide bonds. The molecule has 0 bridgehead atoms. The van der Waals surface area contributed by atoms with E-state index in [0.29, 0.717) is 11.8 Å². The monoisotopic (exact) mass is 471 g/mol. The summed E-state index contributed by atoms with van der Waals surface area (Å²) in [7, 11) is 1.99. The van der Waals surface area contributed by atoms with E-state index in [9.17, 15) is 4.79 Å². The summed E-state index contributed by atoms with van der Waals surface area (Å²) in [4.78, 5) is 15.4. The SMILES string of the molecule is CCOCCCCC(c1ccccc1)C1CCCN(C(=O)NC(CNC)CC2CCCCC2)C1. The third kappa shape index (κ3) is 8.88. The summed E-state index contributed by atoms with van der Waals surface area (Å²) in [5.41, 5.74) is 1.43. The maximum absolute atomic E-state index is 13.3. The molecule has 3 unspecified atom stereocenters. The van der Waals surface area contributed by atoms with E-state index in [1.54, 1.807) is 0 Å². The van der Waals surface area contributed by atoms with E-state index in [1.807, 2.05) is 7.05 Å². The zero-order chi connectivity index (χ0) is 24.0. The number of amides is 2. The van der Waals surface area contributed by atoms with Gasteiger partial charge >= 0.3 is 6.03 Å². The number of piperidine rings is 1. The first kappa shape index (κ1) is 27.0. The summed E-state index contributed by atoms with van der Waals surface area (Å²) in [6.07, 6.45) is 13.6. The lowest BCUT2D eigenvalue weighted by Gasteiger charge is -2.38. The van der Waals surface area contributed by atoms with Crippen molar-refractivity contribution in [3.63, 3.8) is 0 Å². The smallest absolute Gasteiger partial charge is 0.317 e. The predicted molar refractivity (Wildman–Crippen MR) is 141 cm³/mol. The summed E-state index contributed by atoms with van der Waals surface area (Å²) in [5.74, 6) is 1.80. The minimum atomic E-state index is 0.143. The number of ether oxygens (including phenoxy) is 1. The minimum absolute atomic E-state index is 0.143. The molecule has 1 saturated carbocycles. The Balaban J connectivity index is 1.58. The van der Waals surface area contributed by atoms with Gasteiger partial charge in [0.1, 0.15) is 0 Å². The van der Waals surface area contributed by atoms with Crippen LogP contribution in [0.4, 0.5) is 4.79 Å². The summed E-state index contributed by atoms with van der Waals surface area (Å²) >= 11 is 0. The van der Waals surface area contributed by atoms with Crippen LogP contribution in [-0.4, -0.2) is 56.9 Å².